The highest BCUT2D eigenvalue weighted by molar-refractivity contribution is 5.18. The zero-order chi connectivity index (χ0) is 16.0. The summed E-state index contributed by atoms with van der Waals surface area (Å²) in [4.78, 5) is 0. The topological polar surface area (TPSA) is 92.5 Å². The predicted molar refractivity (Wildman–Crippen MR) is 88.0 cm³/mol. The number of hydrogen-bond acceptors (Lipinski definition) is 4. The van der Waals surface area contributed by atoms with Crippen LogP contribution in [0.2, 0.25) is 0 Å². The van der Waals surface area contributed by atoms with Crippen LogP contribution in [0.4, 0.5) is 0 Å². The highest BCUT2D eigenvalue weighted by Crippen LogP contribution is 2.16. The summed E-state index contributed by atoms with van der Waals surface area (Å²) in [5, 5.41) is 20.5. The maximum atomic E-state index is 10.3. The van der Waals surface area contributed by atoms with Gasteiger partial charge in [-0.25, -0.2) is 0 Å². The second-order valence-corrected chi connectivity index (χ2v) is 5.81. The molecule has 0 aromatic heterocycles. The summed E-state index contributed by atoms with van der Waals surface area (Å²) < 4.78 is 0. The molecule has 2 aromatic carbocycles. The Morgan fingerprint density at radius 2 is 1.32 bits per heavy atom. The highest BCUT2D eigenvalue weighted by atomic mass is 16.3. The number of aryl methyl sites for hydroxylation is 1. The van der Waals surface area contributed by atoms with Crippen molar-refractivity contribution in [3.8, 4) is 0 Å². The van der Waals surface area contributed by atoms with Gasteiger partial charge in [0.25, 0.3) is 0 Å². The molecule has 4 nitrogen and oxygen atoms in total. The second-order valence-electron chi connectivity index (χ2n) is 5.81. The molecule has 0 amide bonds. The Hall–Kier alpha value is -1.72. The number of benzene rings is 2. The number of nitrogens with two attached hydrogens (primary N) is 2. The molecule has 0 saturated carbocycles. The third-order valence-corrected chi connectivity index (χ3v) is 3.84. The van der Waals surface area contributed by atoms with Crippen LogP contribution in [-0.2, 0) is 12.8 Å². The first-order valence-electron chi connectivity index (χ1n) is 7.51. The van der Waals surface area contributed by atoms with Crippen LogP contribution in [0.1, 0.15) is 17.5 Å². The van der Waals surface area contributed by atoms with Crippen molar-refractivity contribution in [3.05, 3.63) is 71.8 Å². The number of aliphatic hydroxyl groups excluding tert-OH is 2. The Balaban J connectivity index is 1.92. The van der Waals surface area contributed by atoms with Gasteiger partial charge in [0.15, 0.2) is 0 Å². The van der Waals surface area contributed by atoms with Crippen molar-refractivity contribution in [1.82, 2.24) is 0 Å². The average Bonchev–Trinajstić information content (AvgIpc) is 2.53. The summed E-state index contributed by atoms with van der Waals surface area (Å²) in [6.07, 6.45) is -0.760. The van der Waals surface area contributed by atoms with Crippen LogP contribution in [0.15, 0.2) is 60.7 Å². The maximum absolute atomic E-state index is 10.3. The molecule has 0 heterocycles. The Kier molecular flexibility index (Phi) is 5.69. The van der Waals surface area contributed by atoms with Gasteiger partial charge in [-0.1, -0.05) is 60.7 Å². The Bertz CT molecular complexity index is 558. The van der Waals surface area contributed by atoms with Gasteiger partial charge in [0, 0.05) is 6.42 Å². The van der Waals surface area contributed by atoms with E-state index in [0.29, 0.717) is 19.3 Å². The summed E-state index contributed by atoms with van der Waals surface area (Å²) in [5.74, 6) is 0. The number of hydrogen-bond donors (Lipinski definition) is 4. The van der Waals surface area contributed by atoms with Gasteiger partial charge in [0.2, 0.25) is 0 Å². The van der Waals surface area contributed by atoms with Crippen LogP contribution in [0.5, 0.6) is 0 Å². The Morgan fingerprint density at radius 1 is 0.818 bits per heavy atom. The standard InChI is InChI=1S/C18H24N2O2/c19-18(20,13-15-9-5-2-6-10-15)17(22)16(21)12-11-14-7-3-1-4-8-14/h1-10,16-17,21-22H,11-13,19-20H2. The van der Waals surface area contributed by atoms with E-state index in [1.54, 1.807) is 0 Å². The average molecular weight is 300 g/mol. The van der Waals surface area contributed by atoms with Crippen LogP contribution in [0.25, 0.3) is 0 Å². The van der Waals surface area contributed by atoms with E-state index in [1.807, 2.05) is 60.7 Å². The second kappa shape index (κ2) is 7.51. The molecule has 0 aliphatic heterocycles. The zero-order valence-corrected chi connectivity index (χ0v) is 12.6. The number of rotatable bonds is 7. The summed E-state index contributed by atoms with van der Waals surface area (Å²) in [5.41, 5.74) is 12.7. The fourth-order valence-corrected chi connectivity index (χ4v) is 2.53. The van der Waals surface area contributed by atoms with Crippen LogP contribution >= 0.6 is 0 Å². The third kappa shape index (κ3) is 4.64. The molecule has 4 heteroatoms. The predicted octanol–water partition coefficient (Wildman–Crippen LogP) is 1.20. The van der Waals surface area contributed by atoms with E-state index in [-0.39, 0.29) is 0 Å². The van der Waals surface area contributed by atoms with Gasteiger partial charge >= 0.3 is 0 Å². The van der Waals surface area contributed by atoms with Gasteiger partial charge in [-0.2, -0.15) is 0 Å². The molecule has 22 heavy (non-hydrogen) atoms. The molecule has 118 valence electrons. The van der Waals surface area contributed by atoms with Gasteiger partial charge in [-0.05, 0) is 24.0 Å². The molecular weight excluding hydrogens is 276 g/mol. The first-order chi connectivity index (χ1) is 10.5. The van der Waals surface area contributed by atoms with Crippen molar-refractivity contribution in [3.63, 3.8) is 0 Å². The van der Waals surface area contributed by atoms with E-state index in [1.165, 1.54) is 0 Å². The largest absolute Gasteiger partial charge is 0.390 e. The van der Waals surface area contributed by atoms with Crippen molar-refractivity contribution in [2.24, 2.45) is 11.5 Å². The highest BCUT2D eigenvalue weighted by Gasteiger charge is 2.34. The zero-order valence-electron chi connectivity index (χ0n) is 12.6. The Labute approximate surface area is 131 Å². The van der Waals surface area contributed by atoms with Crippen molar-refractivity contribution in [1.29, 1.82) is 0 Å². The van der Waals surface area contributed by atoms with Crippen molar-refractivity contribution in [2.45, 2.75) is 37.1 Å². The fraction of sp³-hybridized carbons (Fsp3) is 0.333. The molecule has 6 N–H and O–H groups in total. The lowest BCUT2D eigenvalue weighted by atomic mass is 9.90. The van der Waals surface area contributed by atoms with Gasteiger partial charge in [-0.15, -0.1) is 0 Å². The van der Waals surface area contributed by atoms with E-state index in [9.17, 15) is 10.2 Å². The SMILES string of the molecule is NC(N)(Cc1ccccc1)C(O)C(O)CCc1ccccc1. The van der Waals surface area contributed by atoms with Gasteiger partial charge in [0.1, 0.15) is 6.10 Å². The minimum Gasteiger partial charge on any atom is -0.390 e. The third-order valence-electron chi connectivity index (χ3n) is 3.84. The minimum absolute atomic E-state index is 0.303. The molecule has 2 unspecified atom stereocenters. The van der Waals surface area contributed by atoms with Gasteiger partial charge in [-0.3, -0.25) is 0 Å². The first kappa shape index (κ1) is 16.6. The molecule has 0 aliphatic carbocycles. The van der Waals surface area contributed by atoms with Crippen molar-refractivity contribution in [2.75, 3.05) is 0 Å². The Morgan fingerprint density at radius 3 is 1.86 bits per heavy atom. The lowest BCUT2D eigenvalue weighted by Crippen LogP contribution is -2.64. The molecule has 0 aliphatic rings. The first-order valence-corrected chi connectivity index (χ1v) is 7.51. The van der Waals surface area contributed by atoms with Crippen molar-refractivity contribution < 1.29 is 10.2 Å². The van der Waals surface area contributed by atoms with Crippen molar-refractivity contribution >= 4 is 0 Å². The summed E-state index contributed by atoms with van der Waals surface area (Å²) >= 11 is 0. The van der Waals surface area contributed by atoms with E-state index in [0.717, 1.165) is 11.1 Å². The summed E-state index contributed by atoms with van der Waals surface area (Å²) in [6, 6.07) is 19.3. The maximum Gasteiger partial charge on any atom is 0.111 e. The van der Waals surface area contributed by atoms with Gasteiger partial charge in [0.05, 0.1) is 11.8 Å². The smallest absolute Gasteiger partial charge is 0.111 e. The normalized spacial score (nSPS) is 14.5. The lowest BCUT2D eigenvalue weighted by Gasteiger charge is -2.33. The molecule has 0 bridgehead atoms. The van der Waals surface area contributed by atoms with E-state index in [4.69, 9.17) is 11.5 Å². The van der Waals surface area contributed by atoms with Crippen LogP contribution in [0, 0.1) is 0 Å². The molecule has 0 spiro atoms. The van der Waals surface area contributed by atoms with E-state index in [2.05, 4.69) is 0 Å². The summed E-state index contributed by atoms with van der Waals surface area (Å²) in [7, 11) is 0. The minimum atomic E-state index is -1.36. The van der Waals surface area contributed by atoms with E-state index < -0.39 is 17.9 Å². The lowest BCUT2D eigenvalue weighted by molar-refractivity contribution is -0.0310. The molecule has 0 fully saturated rings. The molecular formula is C18H24N2O2. The summed E-state index contributed by atoms with van der Waals surface area (Å²) in [6.45, 7) is 0. The molecule has 2 atom stereocenters. The number of aliphatic hydroxyl groups is 2. The fourth-order valence-electron chi connectivity index (χ4n) is 2.53. The monoisotopic (exact) mass is 300 g/mol. The molecule has 0 radical (unpaired) electrons. The van der Waals surface area contributed by atoms with Crippen LogP contribution in [0.3, 0.4) is 0 Å². The van der Waals surface area contributed by atoms with Gasteiger partial charge < -0.3 is 21.7 Å². The van der Waals surface area contributed by atoms with E-state index >= 15 is 0 Å². The van der Waals surface area contributed by atoms with Crippen LogP contribution in [-0.4, -0.2) is 28.1 Å². The molecule has 2 aromatic rings. The molecule has 0 saturated heterocycles. The quantitative estimate of drug-likeness (QED) is 0.578. The van der Waals surface area contributed by atoms with Crippen LogP contribution < -0.4 is 11.5 Å². The molecule has 2 rings (SSSR count).